The van der Waals surface area contributed by atoms with Gasteiger partial charge in [0.25, 0.3) is 47.3 Å². The third-order valence-electron chi connectivity index (χ3n) is 19.5. The van der Waals surface area contributed by atoms with Crippen molar-refractivity contribution < 1.29 is 38.4 Å². The van der Waals surface area contributed by atoms with Crippen LogP contribution in [0.1, 0.15) is 265 Å². The van der Waals surface area contributed by atoms with Gasteiger partial charge in [-0.1, -0.05) is 193 Å². The van der Waals surface area contributed by atoms with Crippen LogP contribution < -0.4 is 0 Å². The summed E-state index contributed by atoms with van der Waals surface area (Å²) in [6.07, 6.45) is 23.7. The minimum absolute atomic E-state index is 0.188. The van der Waals surface area contributed by atoms with E-state index in [-0.39, 0.29) is 59.0 Å². The minimum atomic E-state index is -0.480. The number of carbonyl (C=O) groups excluding carboxylic acids is 8. The number of rotatable bonds is 32. The molecule has 0 bridgehead atoms. The quantitative estimate of drug-likeness (QED) is 0.0299. The molecule has 0 aliphatic carbocycles. The lowest BCUT2D eigenvalue weighted by molar-refractivity contribution is 0.0587. The van der Waals surface area contributed by atoms with E-state index in [1.54, 1.807) is 24.3 Å². The van der Waals surface area contributed by atoms with Gasteiger partial charge in [-0.15, -0.1) is 22.7 Å². The van der Waals surface area contributed by atoms with Gasteiger partial charge >= 0.3 is 0 Å². The third kappa shape index (κ3) is 12.0. The van der Waals surface area contributed by atoms with Crippen molar-refractivity contribution in [2.24, 2.45) is 0 Å². The van der Waals surface area contributed by atoms with Gasteiger partial charge in [0.2, 0.25) is 0 Å². The largest absolute Gasteiger partial charge is 0.274 e. The van der Waals surface area contributed by atoms with Crippen LogP contribution in [-0.2, 0) is 0 Å². The zero-order chi connectivity index (χ0) is 64.2. The van der Waals surface area contributed by atoms with Gasteiger partial charge in [-0.3, -0.25) is 58.0 Å². The number of imide groups is 4. The summed E-state index contributed by atoms with van der Waals surface area (Å²) in [6.45, 7) is 9.79. The number of carbonyl (C=O) groups is 8. The maximum absolute atomic E-state index is 15.6. The lowest BCUT2D eigenvalue weighted by atomic mass is 9.80. The molecule has 476 valence electrons. The second-order valence-electron chi connectivity index (χ2n) is 25.7. The van der Waals surface area contributed by atoms with Crippen LogP contribution in [0.4, 0.5) is 0 Å². The van der Waals surface area contributed by atoms with Crippen LogP contribution in [0, 0.1) is 0 Å². The first-order valence-corrected chi connectivity index (χ1v) is 36.0. The Balaban J connectivity index is 0.965. The molecule has 0 saturated heterocycles. The second kappa shape index (κ2) is 28.5. The summed E-state index contributed by atoms with van der Waals surface area (Å²) in [7, 11) is 0. The smallest absolute Gasteiger partial charge is 0.262 e. The summed E-state index contributed by atoms with van der Waals surface area (Å²) in [5.74, 6) is -3.10. The molecular formula is C78H84N4O8S2. The van der Waals surface area contributed by atoms with Crippen molar-refractivity contribution in [1.82, 2.24) is 19.6 Å². The molecule has 8 aromatic rings. The van der Waals surface area contributed by atoms with Gasteiger partial charge in [0.15, 0.2) is 0 Å². The molecule has 0 saturated carbocycles. The van der Waals surface area contributed by atoms with Crippen molar-refractivity contribution in [2.45, 2.75) is 182 Å². The normalized spacial score (nSPS) is 14.5. The van der Waals surface area contributed by atoms with Crippen LogP contribution in [0.25, 0.3) is 74.1 Å². The Kier molecular flexibility index (Phi) is 19.9. The summed E-state index contributed by atoms with van der Waals surface area (Å²) < 4.78 is 0. The summed E-state index contributed by atoms with van der Waals surface area (Å²) in [5.41, 5.74) is 5.53. The molecule has 0 atom stereocenters. The maximum Gasteiger partial charge on any atom is 0.262 e. The monoisotopic (exact) mass is 1270 g/mol. The molecule has 14 heteroatoms. The first-order chi connectivity index (χ1) is 44.9. The molecule has 0 fully saturated rings. The third-order valence-corrected chi connectivity index (χ3v) is 21.8. The highest BCUT2D eigenvalue weighted by molar-refractivity contribution is 7.19. The molecule has 6 aromatic carbocycles. The van der Waals surface area contributed by atoms with E-state index in [2.05, 4.69) is 27.7 Å². The predicted octanol–water partition coefficient (Wildman–Crippen LogP) is 19.8. The van der Waals surface area contributed by atoms with Crippen LogP contribution in [0.2, 0.25) is 0 Å². The van der Waals surface area contributed by atoms with E-state index >= 15 is 19.2 Å². The molecule has 92 heavy (non-hydrogen) atoms. The Hall–Kier alpha value is -7.94. The highest BCUT2D eigenvalue weighted by atomic mass is 32.1. The zero-order valence-electron chi connectivity index (χ0n) is 53.9. The molecule has 4 aliphatic heterocycles. The van der Waals surface area contributed by atoms with E-state index in [1.807, 2.05) is 72.8 Å². The first kappa shape index (κ1) is 64.2. The molecule has 8 amide bonds. The molecular weight excluding hydrogens is 1190 g/mol. The number of thiophene rings is 2. The summed E-state index contributed by atoms with van der Waals surface area (Å²) in [4.78, 5) is 127. The molecule has 2 aromatic heterocycles. The second-order valence-corrected chi connectivity index (χ2v) is 27.8. The Labute approximate surface area is 548 Å². The van der Waals surface area contributed by atoms with Gasteiger partial charge in [0, 0.05) is 112 Å². The predicted molar refractivity (Wildman–Crippen MR) is 371 cm³/mol. The molecule has 0 unspecified atom stereocenters. The van der Waals surface area contributed by atoms with Gasteiger partial charge in [-0.25, -0.2) is 0 Å². The van der Waals surface area contributed by atoms with Crippen LogP contribution in [0.5, 0.6) is 0 Å². The highest BCUT2D eigenvalue weighted by Gasteiger charge is 2.44. The Bertz CT molecular complexity index is 3930. The SMILES string of the molecule is CCCCCCCCN1C(=O)c2cccc3c(-c4ccc(-c5cc6c7c(c(-c8ccc(-c9ccc%10c%11c(cccc9%11)C(=O)N(CCCCCCCC)C%10=O)s8)cc8c7c5C(=O)N(CCCCCCCC)C8=O)C(=O)N(CCCCCCCC)C6=O)s4)ccc(c23)C1=O. The van der Waals surface area contributed by atoms with E-state index in [1.165, 1.54) is 55.1 Å². The Morgan fingerprint density at radius 1 is 0.250 bits per heavy atom. The molecule has 12 nitrogen and oxygen atoms in total. The average Bonchev–Trinajstić information content (AvgIpc) is 0.907. The van der Waals surface area contributed by atoms with Crippen molar-refractivity contribution in [2.75, 3.05) is 26.2 Å². The van der Waals surface area contributed by atoms with Gasteiger partial charge in [0.1, 0.15) is 0 Å². The number of unbranched alkanes of at least 4 members (excludes halogenated alkanes) is 20. The fraction of sp³-hybridized carbons (Fsp3) is 0.410. The van der Waals surface area contributed by atoms with Crippen molar-refractivity contribution in [1.29, 1.82) is 0 Å². The number of benzene rings is 6. The van der Waals surface area contributed by atoms with Gasteiger partial charge < -0.3 is 0 Å². The molecule has 12 rings (SSSR count). The van der Waals surface area contributed by atoms with Gasteiger partial charge in [-0.05, 0) is 108 Å². The van der Waals surface area contributed by atoms with E-state index in [0.29, 0.717) is 90.6 Å². The van der Waals surface area contributed by atoms with Crippen molar-refractivity contribution in [3.05, 3.63) is 142 Å². The van der Waals surface area contributed by atoms with Crippen LogP contribution >= 0.6 is 22.7 Å². The van der Waals surface area contributed by atoms with Crippen LogP contribution in [0.3, 0.4) is 0 Å². The van der Waals surface area contributed by atoms with E-state index in [0.717, 1.165) is 160 Å². The van der Waals surface area contributed by atoms with Crippen molar-refractivity contribution >= 4 is 102 Å². The topological polar surface area (TPSA) is 150 Å². The molecule has 4 aliphatic rings. The minimum Gasteiger partial charge on any atom is -0.274 e. The van der Waals surface area contributed by atoms with Crippen molar-refractivity contribution in [3.63, 3.8) is 0 Å². The zero-order valence-corrected chi connectivity index (χ0v) is 55.5. The maximum atomic E-state index is 15.6. The lowest BCUT2D eigenvalue weighted by Gasteiger charge is -2.34. The number of hydrogen-bond donors (Lipinski definition) is 0. The van der Waals surface area contributed by atoms with Crippen LogP contribution in [-0.4, -0.2) is 93.0 Å². The van der Waals surface area contributed by atoms with E-state index in [4.69, 9.17) is 0 Å². The van der Waals surface area contributed by atoms with E-state index in [9.17, 15) is 19.2 Å². The summed E-state index contributed by atoms with van der Waals surface area (Å²) >= 11 is 2.86. The van der Waals surface area contributed by atoms with Gasteiger partial charge in [0.05, 0.1) is 11.1 Å². The summed E-state index contributed by atoms with van der Waals surface area (Å²) in [5, 5.41) is 3.33. The fourth-order valence-electron chi connectivity index (χ4n) is 14.5. The van der Waals surface area contributed by atoms with Gasteiger partial charge in [-0.2, -0.15) is 0 Å². The highest BCUT2D eigenvalue weighted by Crippen LogP contribution is 2.51. The van der Waals surface area contributed by atoms with E-state index < -0.39 is 23.6 Å². The Morgan fingerprint density at radius 3 is 0.837 bits per heavy atom. The summed E-state index contributed by atoms with van der Waals surface area (Å²) in [6, 6.07) is 30.1. The fourth-order valence-corrected chi connectivity index (χ4v) is 16.7. The molecule has 0 N–H and O–H groups in total. The molecule has 6 heterocycles. The standard InChI is InChI=1S/C78H84N4O8S2/c1-5-9-13-17-21-25-43-79-71(83)53-33-29-31-51-49(35-37-55(65(51)53)73(79)85)61-39-41-63(91-61)57-47-59-68-67-60(76(88)81(77(89)69(57)67)45-27-23-19-15-11-7-3)48-58(70(68)78(90)82(75(59)87)46-28-24-20-16-12-8-4)64-42-40-62(92-64)50-36-38-56-66-52(50)32-30-34-54(66)72(84)80(74(56)86)44-26-22-18-14-10-6-2/h29-42,47-48H,5-28,43-46H2,1-4H3. The number of amides is 8. The lowest BCUT2D eigenvalue weighted by Crippen LogP contribution is -2.44. The van der Waals surface area contributed by atoms with Crippen LogP contribution in [0.15, 0.2) is 97.1 Å². The number of nitrogens with zero attached hydrogens (tertiary/aromatic N) is 4. The first-order valence-electron chi connectivity index (χ1n) is 34.4. The molecule has 0 radical (unpaired) electrons. The molecule has 0 spiro atoms. The Morgan fingerprint density at radius 2 is 0.511 bits per heavy atom. The van der Waals surface area contributed by atoms with Crippen molar-refractivity contribution in [3.8, 4) is 41.8 Å². The average molecular weight is 1270 g/mol. The number of hydrogen-bond acceptors (Lipinski definition) is 10.